The van der Waals surface area contributed by atoms with E-state index in [-0.39, 0.29) is 5.91 Å². The summed E-state index contributed by atoms with van der Waals surface area (Å²) < 4.78 is 0. The first-order valence-corrected chi connectivity index (χ1v) is 4.41. The van der Waals surface area contributed by atoms with Crippen LogP contribution in [0.15, 0.2) is 18.2 Å². The number of anilines is 1. The largest absolute Gasteiger partial charge is 0.312 e. The summed E-state index contributed by atoms with van der Waals surface area (Å²) in [5.74, 6) is -0.109. The van der Waals surface area contributed by atoms with Crippen molar-refractivity contribution in [3.63, 3.8) is 0 Å². The Bertz CT molecular complexity index is 357. The van der Waals surface area contributed by atoms with E-state index in [1.807, 2.05) is 12.1 Å². The second kappa shape index (κ2) is 2.87. The molecule has 2 heteroatoms. The average molecular weight is 174 g/mol. The molecule has 67 valence electrons. The molecule has 1 radical (unpaired) electrons. The minimum atomic E-state index is -0.109. The highest BCUT2D eigenvalue weighted by Crippen LogP contribution is 2.28. The standard InChI is InChI=1S/C11H12NO/c1-8-3-4-11-10(7-8)5-6-12(11)9(2)13/h3-4,7H,2,5-6H2,1H3. The number of amides is 1. The zero-order valence-electron chi connectivity index (χ0n) is 7.71. The van der Waals surface area contributed by atoms with Crippen LogP contribution in [0.2, 0.25) is 0 Å². The van der Waals surface area contributed by atoms with Crippen LogP contribution in [0.5, 0.6) is 0 Å². The minimum absolute atomic E-state index is 0.109. The molecule has 2 rings (SSSR count). The summed E-state index contributed by atoms with van der Waals surface area (Å²) in [6.45, 7) is 6.27. The van der Waals surface area contributed by atoms with Gasteiger partial charge in [-0.1, -0.05) is 17.7 Å². The number of rotatable bonds is 0. The lowest BCUT2D eigenvalue weighted by molar-refractivity contribution is -0.114. The van der Waals surface area contributed by atoms with Crippen molar-refractivity contribution < 1.29 is 4.79 Å². The summed E-state index contributed by atoms with van der Waals surface area (Å²) in [4.78, 5) is 12.8. The van der Waals surface area contributed by atoms with Gasteiger partial charge in [0, 0.05) is 19.2 Å². The maximum Gasteiger partial charge on any atom is 0.227 e. The first-order chi connectivity index (χ1) is 6.18. The van der Waals surface area contributed by atoms with E-state index in [1.54, 1.807) is 4.90 Å². The molecule has 0 unspecified atom stereocenters. The number of aryl methyl sites for hydroxylation is 1. The van der Waals surface area contributed by atoms with Gasteiger partial charge in [-0.3, -0.25) is 4.79 Å². The van der Waals surface area contributed by atoms with Crippen molar-refractivity contribution in [1.29, 1.82) is 0 Å². The summed E-state index contributed by atoms with van der Waals surface area (Å²) in [5, 5.41) is 0. The molecule has 13 heavy (non-hydrogen) atoms. The summed E-state index contributed by atoms with van der Waals surface area (Å²) in [6.07, 6.45) is 0.957. The first kappa shape index (κ1) is 8.30. The molecule has 1 amide bonds. The molecular weight excluding hydrogens is 162 g/mol. The maximum atomic E-state index is 11.1. The van der Waals surface area contributed by atoms with Gasteiger partial charge >= 0.3 is 0 Å². The lowest BCUT2D eigenvalue weighted by atomic mass is 10.1. The Hall–Kier alpha value is -1.31. The Morgan fingerprint density at radius 3 is 3.00 bits per heavy atom. The Labute approximate surface area is 78.2 Å². The second-order valence-electron chi connectivity index (χ2n) is 3.43. The van der Waals surface area contributed by atoms with Gasteiger partial charge in [0.05, 0.1) is 0 Å². The van der Waals surface area contributed by atoms with Crippen molar-refractivity contribution in [2.24, 2.45) is 0 Å². The molecule has 0 fully saturated rings. The number of carbonyl (C=O) groups excluding carboxylic acids is 1. The van der Waals surface area contributed by atoms with E-state index in [2.05, 4.69) is 19.9 Å². The summed E-state index contributed by atoms with van der Waals surface area (Å²) in [5.41, 5.74) is 3.54. The molecule has 2 nitrogen and oxygen atoms in total. The van der Waals surface area contributed by atoms with Gasteiger partial charge < -0.3 is 4.90 Å². The van der Waals surface area contributed by atoms with Gasteiger partial charge in [0.2, 0.25) is 5.91 Å². The second-order valence-corrected chi connectivity index (χ2v) is 3.43. The van der Waals surface area contributed by atoms with Gasteiger partial charge in [-0.25, -0.2) is 0 Å². The summed E-state index contributed by atoms with van der Waals surface area (Å²) in [7, 11) is 0. The fourth-order valence-electron chi connectivity index (χ4n) is 1.79. The zero-order chi connectivity index (χ0) is 9.42. The van der Waals surface area contributed by atoms with Crippen molar-refractivity contribution in [2.75, 3.05) is 11.4 Å². The van der Waals surface area contributed by atoms with Crippen LogP contribution in [0.4, 0.5) is 5.69 Å². The topological polar surface area (TPSA) is 20.3 Å². The molecule has 0 saturated heterocycles. The van der Waals surface area contributed by atoms with Crippen LogP contribution in [0.25, 0.3) is 0 Å². The van der Waals surface area contributed by atoms with Gasteiger partial charge in [0.15, 0.2) is 0 Å². The number of fused-ring (bicyclic) bond motifs is 1. The quantitative estimate of drug-likeness (QED) is 0.586. The van der Waals surface area contributed by atoms with Crippen LogP contribution in [0.3, 0.4) is 0 Å². The lowest BCUT2D eigenvalue weighted by Gasteiger charge is -2.14. The van der Waals surface area contributed by atoms with E-state index < -0.39 is 0 Å². The Kier molecular flexibility index (Phi) is 1.83. The monoisotopic (exact) mass is 174 g/mol. The minimum Gasteiger partial charge on any atom is -0.312 e. The smallest absolute Gasteiger partial charge is 0.227 e. The van der Waals surface area contributed by atoms with Gasteiger partial charge in [0.25, 0.3) is 0 Å². The number of hydrogen-bond acceptors (Lipinski definition) is 1. The molecule has 0 bridgehead atoms. The molecule has 0 spiro atoms. The molecule has 0 saturated carbocycles. The Morgan fingerprint density at radius 1 is 1.54 bits per heavy atom. The average Bonchev–Trinajstić information content (AvgIpc) is 2.46. The highest BCUT2D eigenvalue weighted by atomic mass is 16.2. The number of hydrogen-bond donors (Lipinski definition) is 0. The van der Waals surface area contributed by atoms with Crippen LogP contribution >= 0.6 is 0 Å². The first-order valence-electron chi connectivity index (χ1n) is 4.41. The molecule has 0 N–H and O–H groups in total. The van der Waals surface area contributed by atoms with Crippen LogP contribution in [-0.2, 0) is 11.2 Å². The van der Waals surface area contributed by atoms with Crippen LogP contribution in [0.1, 0.15) is 11.1 Å². The zero-order valence-corrected chi connectivity index (χ0v) is 7.71. The predicted molar refractivity (Wildman–Crippen MR) is 52.6 cm³/mol. The normalized spacial score (nSPS) is 14.5. The fraction of sp³-hybridized carbons (Fsp3) is 0.273. The molecule has 0 aliphatic carbocycles. The number of benzene rings is 1. The summed E-state index contributed by atoms with van der Waals surface area (Å²) in [6, 6.07) is 6.17. The van der Waals surface area contributed by atoms with E-state index in [1.165, 1.54) is 11.1 Å². The summed E-state index contributed by atoms with van der Waals surface area (Å²) >= 11 is 0. The third kappa shape index (κ3) is 1.32. The third-order valence-corrected chi connectivity index (χ3v) is 2.43. The molecule has 0 aromatic heterocycles. The maximum absolute atomic E-state index is 11.1. The number of nitrogens with zero attached hydrogens (tertiary/aromatic N) is 1. The molecular formula is C11H12NO. The van der Waals surface area contributed by atoms with Gasteiger partial charge in [-0.15, -0.1) is 0 Å². The molecule has 1 aliphatic rings. The van der Waals surface area contributed by atoms with Gasteiger partial charge in [-0.05, 0) is 25.0 Å². The molecule has 1 aromatic carbocycles. The van der Waals surface area contributed by atoms with E-state index in [4.69, 9.17) is 0 Å². The lowest BCUT2D eigenvalue weighted by Crippen LogP contribution is -2.25. The van der Waals surface area contributed by atoms with Gasteiger partial charge in [-0.2, -0.15) is 0 Å². The molecule has 1 aliphatic heterocycles. The predicted octanol–water partition coefficient (Wildman–Crippen LogP) is 1.72. The van der Waals surface area contributed by atoms with E-state index in [9.17, 15) is 4.79 Å². The fourth-order valence-corrected chi connectivity index (χ4v) is 1.79. The highest BCUT2D eigenvalue weighted by Gasteiger charge is 2.21. The third-order valence-electron chi connectivity index (χ3n) is 2.43. The highest BCUT2D eigenvalue weighted by molar-refractivity contribution is 5.98. The van der Waals surface area contributed by atoms with Crippen molar-refractivity contribution in [2.45, 2.75) is 13.3 Å². The van der Waals surface area contributed by atoms with Crippen LogP contribution in [0, 0.1) is 13.8 Å². The van der Waals surface area contributed by atoms with Crippen molar-refractivity contribution in [3.05, 3.63) is 36.2 Å². The van der Waals surface area contributed by atoms with Crippen molar-refractivity contribution in [1.82, 2.24) is 0 Å². The van der Waals surface area contributed by atoms with Crippen LogP contribution in [-0.4, -0.2) is 12.5 Å². The van der Waals surface area contributed by atoms with E-state index in [0.717, 1.165) is 18.7 Å². The molecule has 1 heterocycles. The Morgan fingerprint density at radius 2 is 2.31 bits per heavy atom. The number of carbonyl (C=O) groups is 1. The van der Waals surface area contributed by atoms with Crippen molar-refractivity contribution >= 4 is 11.6 Å². The molecule has 1 aromatic rings. The van der Waals surface area contributed by atoms with Crippen molar-refractivity contribution in [3.8, 4) is 0 Å². The van der Waals surface area contributed by atoms with E-state index in [0.29, 0.717) is 0 Å². The molecule has 0 atom stereocenters. The van der Waals surface area contributed by atoms with Gasteiger partial charge in [0.1, 0.15) is 0 Å². The van der Waals surface area contributed by atoms with E-state index >= 15 is 0 Å². The SMILES string of the molecule is [CH2]C(=O)N1CCc2cc(C)ccc21. The van der Waals surface area contributed by atoms with Crippen LogP contribution < -0.4 is 4.90 Å². The Balaban J connectivity index is 2.44.